The molecule has 8 nitrogen and oxygen atoms in total. The fraction of sp³-hybridized carbons (Fsp3) is 0.259. The molecular weight excluding hydrogens is 448 g/mol. The molecule has 0 saturated carbocycles. The van der Waals surface area contributed by atoms with Crippen molar-refractivity contribution in [3.63, 3.8) is 0 Å². The van der Waals surface area contributed by atoms with Crippen LogP contribution in [0.4, 0.5) is 6.01 Å². The van der Waals surface area contributed by atoms with Gasteiger partial charge in [-0.1, -0.05) is 24.3 Å². The van der Waals surface area contributed by atoms with Crippen LogP contribution in [0.25, 0.3) is 11.1 Å². The van der Waals surface area contributed by atoms with Crippen LogP contribution in [0.5, 0.6) is 17.2 Å². The second-order valence-corrected chi connectivity index (χ2v) is 8.01. The summed E-state index contributed by atoms with van der Waals surface area (Å²) < 4.78 is 22.6. The average molecular weight is 477 g/mol. The lowest BCUT2D eigenvalue weighted by Crippen LogP contribution is -2.26. The van der Waals surface area contributed by atoms with Crippen LogP contribution >= 0.6 is 0 Å². The van der Waals surface area contributed by atoms with E-state index in [0.29, 0.717) is 37.0 Å². The third-order valence-corrected chi connectivity index (χ3v) is 5.39. The molecule has 0 aliphatic heterocycles. The van der Waals surface area contributed by atoms with Gasteiger partial charge in [0.25, 0.3) is 6.01 Å². The van der Waals surface area contributed by atoms with Gasteiger partial charge in [-0.25, -0.2) is 4.79 Å². The Morgan fingerprint density at radius 1 is 1.03 bits per heavy atom. The second kappa shape index (κ2) is 11.3. The van der Waals surface area contributed by atoms with E-state index >= 15 is 0 Å². The number of nitrogens with zero attached hydrogens (tertiary/aromatic N) is 2. The lowest BCUT2D eigenvalue weighted by atomic mass is 10.2. The van der Waals surface area contributed by atoms with Gasteiger partial charge < -0.3 is 28.6 Å². The first kappa shape index (κ1) is 23.9. The van der Waals surface area contributed by atoms with Crippen molar-refractivity contribution in [2.24, 2.45) is 0 Å². The molecule has 0 amide bonds. The van der Waals surface area contributed by atoms with Crippen LogP contribution in [0.3, 0.4) is 0 Å². The smallest absolute Gasteiger partial charge is 0.344 e. The molecule has 3 aromatic carbocycles. The zero-order chi connectivity index (χ0) is 24.6. The number of fused-ring (bicyclic) bond motifs is 1. The molecule has 8 heteroatoms. The Morgan fingerprint density at radius 3 is 2.54 bits per heavy atom. The van der Waals surface area contributed by atoms with Crippen molar-refractivity contribution in [1.29, 1.82) is 0 Å². The second-order valence-electron chi connectivity index (χ2n) is 8.01. The molecule has 1 unspecified atom stereocenters. The predicted molar refractivity (Wildman–Crippen MR) is 132 cm³/mol. The molecule has 4 aromatic rings. The number of carboxylic acids is 1. The number of carboxylic acid groups (broad SMARTS) is 1. The minimum absolute atomic E-state index is 0.498. The highest BCUT2D eigenvalue weighted by Gasteiger charge is 2.16. The topological polar surface area (TPSA) is 94.3 Å². The highest BCUT2D eigenvalue weighted by Crippen LogP contribution is 2.25. The third kappa shape index (κ3) is 6.44. The van der Waals surface area contributed by atoms with Gasteiger partial charge in [0.15, 0.2) is 11.7 Å². The van der Waals surface area contributed by atoms with Crippen LogP contribution in [0.15, 0.2) is 77.2 Å². The summed E-state index contributed by atoms with van der Waals surface area (Å²) in [6.07, 6.45) is -0.203. The molecule has 0 spiro atoms. The van der Waals surface area contributed by atoms with E-state index in [4.69, 9.17) is 23.7 Å². The summed E-state index contributed by atoms with van der Waals surface area (Å²) >= 11 is 0. The first-order valence-electron chi connectivity index (χ1n) is 11.4. The highest BCUT2D eigenvalue weighted by molar-refractivity contribution is 5.74. The summed E-state index contributed by atoms with van der Waals surface area (Å²) in [4.78, 5) is 17.8. The standard InChI is InChI=1S/C27H28N2O6/c1-19(26(30)31)34-23-8-5-7-20(17-23)18-29(27-28-24-9-3-4-10-25(24)35-27)15-6-16-33-22-13-11-21(32-2)12-14-22/h3-5,7-14,17,19H,6,15-16,18H2,1-2H3,(H,30,31). The van der Waals surface area contributed by atoms with Gasteiger partial charge in [0.2, 0.25) is 0 Å². The number of hydrogen-bond acceptors (Lipinski definition) is 7. The van der Waals surface area contributed by atoms with Gasteiger partial charge in [-0.05, 0) is 67.4 Å². The Labute approximate surface area is 203 Å². The maximum absolute atomic E-state index is 11.1. The van der Waals surface area contributed by atoms with Crippen molar-refractivity contribution in [3.05, 3.63) is 78.4 Å². The van der Waals surface area contributed by atoms with E-state index in [2.05, 4.69) is 4.98 Å². The fourth-order valence-corrected chi connectivity index (χ4v) is 3.55. The maximum atomic E-state index is 11.1. The number of hydrogen-bond donors (Lipinski definition) is 1. The summed E-state index contributed by atoms with van der Waals surface area (Å²) in [6.45, 7) is 3.17. The number of methoxy groups -OCH3 is 1. The molecule has 1 atom stereocenters. The summed E-state index contributed by atoms with van der Waals surface area (Å²) in [5, 5.41) is 9.13. The third-order valence-electron chi connectivity index (χ3n) is 5.39. The highest BCUT2D eigenvalue weighted by atomic mass is 16.5. The summed E-state index contributed by atoms with van der Waals surface area (Å²) in [5.74, 6) is 1.04. The molecule has 0 aliphatic carbocycles. The zero-order valence-corrected chi connectivity index (χ0v) is 19.7. The normalized spacial score (nSPS) is 11.7. The lowest BCUT2D eigenvalue weighted by molar-refractivity contribution is -0.144. The fourth-order valence-electron chi connectivity index (χ4n) is 3.55. The largest absolute Gasteiger partial charge is 0.497 e. The van der Waals surface area contributed by atoms with Crippen molar-refractivity contribution in [2.75, 3.05) is 25.2 Å². The van der Waals surface area contributed by atoms with Crippen molar-refractivity contribution in [2.45, 2.75) is 26.0 Å². The summed E-state index contributed by atoms with van der Waals surface area (Å²) in [7, 11) is 1.63. The molecule has 182 valence electrons. The SMILES string of the molecule is COc1ccc(OCCCN(Cc2cccc(OC(C)C(=O)O)c2)c2nc3ccccc3o2)cc1. The summed E-state index contributed by atoms with van der Waals surface area (Å²) in [5.41, 5.74) is 2.45. The number of ether oxygens (including phenoxy) is 3. The van der Waals surface area contributed by atoms with E-state index in [1.54, 1.807) is 13.2 Å². The Balaban J connectivity index is 1.45. The molecule has 0 bridgehead atoms. The summed E-state index contributed by atoms with van der Waals surface area (Å²) in [6, 6.07) is 23.0. The van der Waals surface area contributed by atoms with E-state index in [9.17, 15) is 4.79 Å². The number of para-hydroxylation sites is 2. The van der Waals surface area contributed by atoms with Gasteiger partial charge in [-0.2, -0.15) is 4.98 Å². The minimum atomic E-state index is -1.01. The maximum Gasteiger partial charge on any atom is 0.344 e. The monoisotopic (exact) mass is 476 g/mol. The molecule has 0 radical (unpaired) electrons. The van der Waals surface area contributed by atoms with E-state index in [1.165, 1.54) is 6.92 Å². The molecular formula is C27H28N2O6. The number of aromatic nitrogens is 1. The number of rotatable bonds is 12. The van der Waals surface area contributed by atoms with Crippen LogP contribution < -0.4 is 19.1 Å². The molecule has 1 aromatic heterocycles. The zero-order valence-electron chi connectivity index (χ0n) is 19.7. The number of aliphatic carboxylic acids is 1. The number of anilines is 1. The molecule has 35 heavy (non-hydrogen) atoms. The minimum Gasteiger partial charge on any atom is -0.497 e. The van der Waals surface area contributed by atoms with Gasteiger partial charge in [-0.15, -0.1) is 0 Å². The Kier molecular flexibility index (Phi) is 7.72. The Hall–Kier alpha value is -4.20. The van der Waals surface area contributed by atoms with Crippen molar-refractivity contribution < 1.29 is 28.5 Å². The molecule has 1 heterocycles. The van der Waals surface area contributed by atoms with Crippen LogP contribution in [0.1, 0.15) is 18.9 Å². The van der Waals surface area contributed by atoms with Crippen LogP contribution in [-0.4, -0.2) is 42.4 Å². The van der Waals surface area contributed by atoms with Gasteiger partial charge >= 0.3 is 5.97 Å². The molecule has 0 fully saturated rings. The van der Waals surface area contributed by atoms with Gasteiger partial charge in [0.05, 0.1) is 13.7 Å². The van der Waals surface area contributed by atoms with Gasteiger partial charge in [0, 0.05) is 13.1 Å². The predicted octanol–water partition coefficient (Wildman–Crippen LogP) is 5.16. The Bertz CT molecular complexity index is 1220. The quantitative estimate of drug-likeness (QED) is 0.280. The number of oxazole rings is 1. The van der Waals surface area contributed by atoms with E-state index in [-0.39, 0.29) is 0 Å². The first-order chi connectivity index (χ1) is 17.0. The molecule has 0 aliphatic rings. The molecule has 0 saturated heterocycles. The van der Waals surface area contributed by atoms with Crippen molar-refractivity contribution >= 4 is 23.1 Å². The number of carbonyl (C=O) groups is 1. The van der Waals surface area contributed by atoms with E-state index < -0.39 is 12.1 Å². The van der Waals surface area contributed by atoms with Crippen molar-refractivity contribution in [1.82, 2.24) is 4.98 Å². The van der Waals surface area contributed by atoms with Crippen LogP contribution in [0, 0.1) is 0 Å². The number of benzene rings is 3. The van der Waals surface area contributed by atoms with Gasteiger partial charge in [-0.3, -0.25) is 0 Å². The van der Waals surface area contributed by atoms with Crippen LogP contribution in [0.2, 0.25) is 0 Å². The Morgan fingerprint density at radius 2 is 1.80 bits per heavy atom. The van der Waals surface area contributed by atoms with E-state index in [0.717, 1.165) is 29.0 Å². The first-order valence-corrected chi connectivity index (χ1v) is 11.4. The average Bonchev–Trinajstić information content (AvgIpc) is 3.30. The van der Waals surface area contributed by atoms with Crippen LogP contribution in [-0.2, 0) is 11.3 Å². The lowest BCUT2D eigenvalue weighted by Gasteiger charge is -2.21. The molecule has 4 rings (SSSR count). The van der Waals surface area contributed by atoms with Crippen molar-refractivity contribution in [3.8, 4) is 17.2 Å². The van der Waals surface area contributed by atoms with Gasteiger partial charge in [0.1, 0.15) is 22.8 Å². The molecule has 1 N–H and O–H groups in total. The van der Waals surface area contributed by atoms with E-state index in [1.807, 2.05) is 71.6 Å².